The first kappa shape index (κ1) is 11.0. The minimum Gasteiger partial charge on any atom is -0.449 e. The number of anilines is 1. The fourth-order valence-corrected chi connectivity index (χ4v) is 1.73. The predicted octanol–water partition coefficient (Wildman–Crippen LogP) is 1.53. The van der Waals surface area contributed by atoms with Crippen molar-refractivity contribution in [3.8, 4) is 0 Å². The van der Waals surface area contributed by atoms with E-state index in [2.05, 4.69) is 0 Å². The van der Waals surface area contributed by atoms with Crippen molar-refractivity contribution in [2.75, 3.05) is 24.6 Å². The molecular formula is C12H16N2O2. The maximum absolute atomic E-state index is 11.6. The van der Waals surface area contributed by atoms with Crippen LogP contribution in [0.5, 0.6) is 0 Å². The average Bonchev–Trinajstić information content (AvgIpc) is 2.31. The van der Waals surface area contributed by atoms with Crippen LogP contribution in [0, 0.1) is 12.8 Å². The summed E-state index contributed by atoms with van der Waals surface area (Å²) in [5.74, 6) is 0.221. The smallest absolute Gasteiger partial charge is 0.414 e. The number of hydrogen-bond acceptors (Lipinski definition) is 3. The molecule has 0 bridgehead atoms. The number of nitrogens with zero attached hydrogens (tertiary/aromatic N) is 1. The highest BCUT2D eigenvalue weighted by Gasteiger charge is 2.27. The molecule has 0 radical (unpaired) electrons. The van der Waals surface area contributed by atoms with E-state index in [1.54, 1.807) is 4.90 Å². The molecule has 1 aliphatic heterocycles. The van der Waals surface area contributed by atoms with Crippen LogP contribution >= 0.6 is 0 Å². The van der Waals surface area contributed by atoms with Gasteiger partial charge in [-0.2, -0.15) is 0 Å². The van der Waals surface area contributed by atoms with E-state index >= 15 is 0 Å². The van der Waals surface area contributed by atoms with Gasteiger partial charge in [0.05, 0.1) is 6.61 Å². The van der Waals surface area contributed by atoms with E-state index in [0.717, 1.165) is 5.69 Å². The molecule has 0 spiro atoms. The van der Waals surface area contributed by atoms with Crippen molar-refractivity contribution in [1.82, 2.24) is 0 Å². The summed E-state index contributed by atoms with van der Waals surface area (Å²) in [5, 5.41) is 0. The van der Waals surface area contributed by atoms with Crippen molar-refractivity contribution < 1.29 is 9.53 Å². The van der Waals surface area contributed by atoms with Gasteiger partial charge >= 0.3 is 6.09 Å². The lowest BCUT2D eigenvalue weighted by Gasteiger charge is -2.31. The highest BCUT2D eigenvalue weighted by molar-refractivity contribution is 5.88. The molecule has 2 rings (SSSR count). The fourth-order valence-electron chi connectivity index (χ4n) is 1.73. The molecule has 1 amide bonds. The topological polar surface area (TPSA) is 55.6 Å². The number of nitrogens with two attached hydrogens (primary N) is 1. The molecular weight excluding hydrogens is 204 g/mol. The van der Waals surface area contributed by atoms with Crippen molar-refractivity contribution in [3.05, 3.63) is 29.8 Å². The molecule has 4 nitrogen and oxygen atoms in total. The molecule has 4 heteroatoms. The number of rotatable bonds is 2. The molecule has 1 atom stereocenters. The van der Waals surface area contributed by atoms with Gasteiger partial charge in [0, 0.05) is 24.7 Å². The second-order valence-electron chi connectivity index (χ2n) is 4.12. The Kier molecular flexibility index (Phi) is 3.10. The Morgan fingerprint density at radius 2 is 2.12 bits per heavy atom. The highest BCUT2D eigenvalue weighted by atomic mass is 16.6. The van der Waals surface area contributed by atoms with Gasteiger partial charge in [-0.25, -0.2) is 4.79 Å². The Balaban J connectivity index is 2.17. The Labute approximate surface area is 95.0 Å². The van der Waals surface area contributed by atoms with Crippen LogP contribution < -0.4 is 10.6 Å². The van der Waals surface area contributed by atoms with Crippen LogP contribution in [-0.2, 0) is 4.74 Å². The van der Waals surface area contributed by atoms with Crippen LogP contribution in [0.25, 0.3) is 0 Å². The number of carbonyl (C=O) groups excluding carboxylic acids is 1. The first-order valence-electron chi connectivity index (χ1n) is 5.41. The predicted molar refractivity (Wildman–Crippen MR) is 62.4 cm³/mol. The summed E-state index contributed by atoms with van der Waals surface area (Å²) in [6, 6.07) is 7.81. The van der Waals surface area contributed by atoms with Crippen molar-refractivity contribution in [2.24, 2.45) is 11.7 Å². The number of hydrogen-bond donors (Lipinski definition) is 1. The molecule has 0 saturated carbocycles. The number of ether oxygens (including phenoxy) is 1. The summed E-state index contributed by atoms with van der Waals surface area (Å²) in [5.41, 5.74) is 7.64. The molecule has 16 heavy (non-hydrogen) atoms. The van der Waals surface area contributed by atoms with Crippen LogP contribution in [0.1, 0.15) is 5.56 Å². The van der Waals surface area contributed by atoms with E-state index in [-0.39, 0.29) is 12.0 Å². The van der Waals surface area contributed by atoms with Crippen molar-refractivity contribution >= 4 is 11.8 Å². The lowest BCUT2D eigenvalue weighted by atomic mass is 10.1. The van der Waals surface area contributed by atoms with E-state index in [9.17, 15) is 4.79 Å². The third-order valence-electron chi connectivity index (χ3n) is 2.78. The Morgan fingerprint density at radius 3 is 2.75 bits per heavy atom. The van der Waals surface area contributed by atoms with Crippen molar-refractivity contribution in [3.63, 3.8) is 0 Å². The zero-order valence-corrected chi connectivity index (χ0v) is 9.35. The second-order valence-corrected chi connectivity index (χ2v) is 4.12. The lowest BCUT2D eigenvalue weighted by Crippen LogP contribution is -2.45. The van der Waals surface area contributed by atoms with Gasteiger partial charge < -0.3 is 10.5 Å². The van der Waals surface area contributed by atoms with Crippen LogP contribution in [0.4, 0.5) is 10.5 Å². The van der Waals surface area contributed by atoms with Crippen molar-refractivity contribution in [1.29, 1.82) is 0 Å². The summed E-state index contributed by atoms with van der Waals surface area (Å²) in [6.07, 6.45) is -0.284. The minimum absolute atomic E-state index is 0.221. The number of benzene rings is 1. The number of cyclic esters (lactones) is 1. The molecule has 1 aromatic rings. The normalized spacial score (nSPS) is 20.8. The van der Waals surface area contributed by atoms with E-state index in [1.165, 1.54) is 5.56 Å². The molecule has 1 fully saturated rings. The van der Waals surface area contributed by atoms with Crippen LogP contribution in [-0.4, -0.2) is 25.8 Å². The van der Waals surface area contributed by atoms with E-state index < -0.39 is 0 Å². The summed E-state index contributed by atoms with van der Waals surface area (Å²) in [4.78, 5) is 13.2. The van der Waals surface area contributed by atoms with Gasteiger partial charge in [0.1, 0.15) is 0 Å². The minimum atomic E-state index is -0.284. The number of carbonyl (C=O) groups is 1. The maximum Gasteiger partial charge on any atom is 0.414 e. The molecule has 1 heterocycles. The van der Waals surface area contributed by atoms with Gasteiger partial charge in [0.15, 0.2) is 0 Å². The standard InChI is InChI=1S/C12H16N2O2/c1-9-2-4-11(5-3-9)14-7-10(6-13)8-16-12(14)15/h2-5,10H,6-8,13H2,1H3. The number of amides is 1. The molecule has 0 aromatic heterocycles. The maximum atomic E-state index is 11.6. The quantitative estimate of drug-likeness (QED) is 0.822. The molecule has 1 aliphatic rings. The van der Waals surface area contributed by atoms with Gasteiger partial charge in [-0.15, -0.1) is 0 Å². The second kappa shape index (κ2) is 4.53. The van der Waals surface area contributed by atoms with Gasteiger partial charge in [-0.1, -0.05) is 17.7 Å². The largest absolute Gasteiger partial charge is 0.449 e. The first-order valence-corrected chi connectivity index (χ1v) is 5.41. The monoisotopic (exact) mass is 220 g/mol. The average molecular weight is 220 g/mol. The molecule has 1 aromatic carbocycles. The van der Waals surface area contributed by atoms with Gasteiger partial charge in [-0.05, 0) is 19.1 Å². The summed E-state index contributed by atoms with van der Waals surface area (Å²) in [7, 11) is 0. The van der Waals surface area contributed by atoms with Crippen LogP contribution in [0.15, 0.2) is 24.3 Å². The zero-order chi connectivity index (χ0) is 11.5. The summed E-state index contributed by atoms with van der Waals surface area (Å²) >= 11 is 0. The molecule has 0 aliphatic carbocycles. The molecule has 86 valence electrons. The van der Waals surface area contributed by atoms with Gasteiger partial charge in [-0.3, -0.25) is 4.90 Å². The third kappa shape index (κ3) is 2.17. The Bertz CT molecular complexity index is 375. The molecule has 1 unspecified atom stereocenters. The lowest BCUT2D eigenvalue weighted by molar-refractivity contribution is 0.117. The van der Waals surface area contributed by atoms with Crippen LogP contribution in [0.2, 0.25) is 0 Å². The summed E-state index contributed by atoms with van der Waals surface area (Å²) in [6.45, 7) is 3.62. The molecule has 1 saturated heterocycles. The van der Waals surface area contributed by atoms with Gasteiger partial charge in [0.25, 0.3) is 0 Å². The van der Waals surface area contributed by atoms with Crippen LogP contribution in [0.3, 0.4) is 0 Å². The Morgan fingerprint density at radius 1 is 1.44 bits per heavy atom. The fraction of sp³-hybridized carbons (Fsp3) is 0.417. The third-order valence-corrected chi connectivity index (χ3v) is 2.78. The Hall–Kier alpha value is -1.55. The van der Waals surface area contributed by atoms with Crippen molar-refractivity contribution in [2.45, 2.75) is 6.92 Å². The van der Waals surface area contributed by atoms with Gasteiger partial charge in [0.2, 0.25) is 0 Å². The summed E-state index contributed by atoms with van der Waals surface area (Å²) < 4.78 is 5.09. The first-order chi connectivity index (χ1) is 7.70. The van der Waals surface area contributed by atoms with E-state index in [1.807, 2.05) is 31.2 Å². The van der Waals surface area contributed by atoms with E-state index in [0.29, 0.717) is 19.7 Å². The van der Waals surface area contributed by atoms with E-state index in [4.69, 9.17) is 10.5 Å². The SMILES string of the molecule is Cc1ccc(N2CC(CN)COC2=O)cc1. The highest BCUT2D eigenvalue weighted by Crippen LogP contribution is 2.20. The zero-order valence-electron chi connectivity index (χ0n) is 9.35. The number of aryl methyl sites for hydroxylation is 1. The molecule has 2 N–H and O–H groups in total.